The molecule has 0 radical (unpaired) electrons. The van der Waals surface area contributed by atoms with Crippen LogP contribution < -0.4 is 10.7 Å². The van der Waals surface area contributed by atoms with Crippen LogP contribution in [0.25, 0.3) is 22.2 Å². The van der Waals surface area contributed by atoms with Gasteiger partial charge in [-0.25, -0.2) is 5.43 Å². The predicted molar refractivity (Wildman–Crippen MR) is 416 cm³/mol. The zero-order valence-electron chi connectivity index (χ0n) is 67.8. The normalized spacial score (nSPS) is 17.8. The number of rotatable bonds is 34. The number of pyridine rings is 1. The van der Waals surface area contributed by atoms with Crippen LogP contribution in [0.2, 0.25) is 0 Å². The number of carbonyl (C=O) groups is 4. The highest BCUT2D eigenvalue weighted by atomic mass is 16.5. The molecule has 7 rings (SSSR count). The van der Waals surface area contributed by atoms with E-state index in [-0.39, 0.29) is 35.3 Å². The summed E-state index contributed by atoms with van der Waals surface area (Å²) < 4.78 is 18.7. The highest BCUT2D eigenvalue weighted by Gasteiger charge is 2.43. The lowest BCUT2D eigenvalue weighted by molar-refractivity contribution is -0.141. The molecule has 3 amide bonds. The first-order valence-electron chi connectivity index (χ1n) is 40.2. The third-order valence-electron chi connectivity index (χ3n) is 20.7. The van der Waals surface area contributed by atoms with Gasteiger partial charge < -0.3 is 29.0 Å². The van der Waals surface area contributed by atoms with Crippen molar-refractivity contribution in [1.29, 1.82) is 0 Å². The van der Waals surface area contributed by atoms with E-state index in [0.29, 0.717) is 49.2 Å². The summed E-state index contributed by atoms with van der Waals surface area (Å²) in [5, 5.41) is 6.03. The maximum atomic E-state index is 13.7. The van der Waals surface area contributed by atoms with E-state index in [4.69, 9.17) is 19.2 Å². The molecule has 2 aromatic heterocycles. The number of amides is 3. The molecule has 9 atom stereocenters. The summed E-state index contributed by atoms with van der Waals surface area (Å²) in [6.45, 7) is 57.7. The Hall–Kier alpha value is -4.37. The minimum Gasteiger partial charge on any atom is -0.467 e. The summed E-state index contributed by atoms with van der Waals surface area (Å²) in [6.07, 6.45) is 26.3. The Morgan fingerprint density at radius 2 is 1.42 bits per heavy atom. The van der Waals surface area contributed by atoms with Crippen LogP contribution in [0.4, 0.5) is 0 Å². The van der Waals surface area contributed by atoms with Gasteiger partial charge in [-0.05, 0) is 183 Å². The van der Waals surface area contributed by atoms with Crippen LogP contribution in [0.15, 0.2) is 30.5 Å². The molecule has 4 aliphatic rings. The zero-order chi connectivity index (χ0) is 73.9. The van der Waals surface area contributed by atoms with Crippen LogP contribution in [0, 0.1) is 59.7 Å². The second kappa shape index (κ2) is 51.7. The number of unbranched alkanes of at least 4 members (excludes halogenated alkanes) is 1. The Bertz CT molecular complexity index is 2590. The Kier molecular flexibility index (Phi) is 48.4. The van der Waals surface area contributed by atoms with Gasteiger partial charge in [0.1, 0.15) is 6.04 Å². The first-order chi connectivity index (χ1) is 47.0. The molecule has 566 valence electrons. The van der Waals surface area contributed by atoms with Gasteiger partial charge in [0.2, 0.25) is 11.8 Å². The lowest BCUT2D eigenvalue weighted by atomic mass is 9.78. The number of fused-ring (bicyclic) bond motifs is 1. The fourth-order valence-corrected chi connectivity index (χ4v) is 14.1. The number of carbonyl (C=O) groups excluding carboxylic acids is 4. The average molecular weight is 1370 g/mol. The molecule has 3 aromatic rings. The minimum atomic E-state index is -0.542. The van der Waals surface area contributed by atoms with Crippen LogP contribution in [-0.2, 0) is 52.8 Å². The summed E-state index contributed by atoms with van der Waals surface area (Å²) in [7, 11) is 1.73. The molecule has 0 bridgehead atoms. The van der Waals surface area contributed by atoms with Crippen molar-refractivity contribution in [3.05, 3.63) is 52.8 Å². The van der Waals surface area contributed by atoms with Gasteiger partial charge >= 0.3 is 0 Å². The van der Waals surface area contributed by atoms with E-state index in [1.807, 2.05) is 40.8 Å². The second-order valence-electron chi connectivity index (χ2n) is 29.4. The molecular formula is C84H153N7O7. The molecule has 0 spiro atoms. The van der Waals surface area contributed by atoms with E-state index in [9.17, 15) is 19.2 Å². The first kappa shape index (κ1) is 91.6. The van der Waals surface area contributed by atoms with Crippen molar-refractivity contribution in [2.45, 2.75) is 319 Å². The van der Waals surface area contributed by atoms with E-state index in [0.717, 1.165) is 146 Å². The van der Waals surface area contributed by atoms with E-state index in [1.165, 1.54) is 104 Å². The van der Waals surface area contributed by atoms with Crippen LogP contribution >= 0.6 is 0 Å². The van der Waals surface area contributed by atoms with Gasteiger partial charge in [0, 0.05) is 93.6 Å². The molecule has 2 aliphatic carbocycles. The molecule has 2 N–H and O–H groups in total. The largest absolute Gasteiger partial charge is 0.467 e. The maximum absolute atomic E-state index is 13.7. The summed E-state index contributed by atoms with van der Waals surface area (Å²) in [5.74, 6) is 4.65. The molecule has 4 fully saturated rings. The van der Waals surface area contributed by atoms with Crippen molar-refractivity contribution in [2.75, 3.05) is 66.2 Å². The van der Waals surface area contributed by atoms with Gasteiger partial charge in [0.05, 0.1) is 30.1 Å². The van der Waals surface area contributed by atoms with Crippen LogP contribution in [0.5, 0.6) is 0 Å². The number of benzene rings is 1. The third kappa shape index (κ3) is 31.1. The van der Waals surface area contributed by atoms with Crippen LogP contribution in [-0.4, -0.2) is 127 Å². The minimum absolute atomic E-state index is 0.00304. The second-order valence-corrected chi connectivity index (χ2v) is 29.4. The van der Waals surface area contributed by atoms with Gasteiger partial charge in [-0.3, -0.25) is 34.1 Å². The average Bonchev–Trinajstić information content (AvgIpc) is 1.59. The van der Waals surface area contributed by atoms with E-state index in [1.54, 1.807) is 12.1 Å². The quantitative estimate of drug-likeness (QED) is 0.0437. The lowest BCUT2D eigenvalue weighted by Crippen LogP contribution is -2.58. The summed E-state index contributed by atoms with van der Waals surface area (Å²) in [4.78, 5) is 60.7. The number of hydrogen-bond donors (Lipinski definition) is 2. The predicted octanol–water partition coefficient (Wildman–Crippen LogP) is 20.0. The molecule has 1 aromatic carbocycles. The lowest BCUT2D eigenvalue weighted by Gasteiger charge is -2.35. The van der Waals surface area contributed by atoms with Gasteiger partial charge in [-0.2, -0.15) is 0 Å². The molecule has 4 heterocycles. The monoisotopic (exact) mass is 1370 g/mol. The Morgan fingerprint density at radius 3 is 1.94 bits per heavy atom. The Labute approximate surface area is 602 Å². The van der Waals surface area contributed by atoms with Crippen molar-refractivity contribution in [3.63, 3.8) is 0 Å². The zero-order valence-corrected chi connectivity index (χ0v) is 67.8. The summed E-state index contributed by atoms with van der Waals surface area (Å²) in [5.41, 5.74) is 11.2. The Balaban J connectivity index is 0.000000735. The molecular weight excluding hydrogens is 1220 g/mol. The molecule has 14 heteroatoms. The summed E-state index contributed by atoms with van der Waals surface area (Å²) in [6, 6.07) is 8.24. The van der Waals surface area contributed by atoms with E-state index >= 15 is 0 Å². The molecule has 8 unspecified atom stereocenters. The van der Waals surface area contributed by atoms with Gasteiger partial charge in [-0.1, -0.05) is 200 Å². The summed E-state index contributed by atoms with van der Waals surface area (Å²) >= 11 is 0. The molecule has 98 heavy (non-hydrogen) atoms. The molecule has 2 aliphatic heterocycles. The SMILES string of the molecule is CC.CC.CCC(C)C(C1CC1)C(C)C(=O)N(CC)CC1CCN(C(C(=O)NC(C)C(=O)N2CCCCN2)C2CCCC2)C1.CCCC.CCCOCCC(C)CC.CCC[C@H](C)CC.CCCc1cnc(C(C)OC)c(-c2c(CC(C)(C)COC=O)c3cc(C)ccc3n2CC)c1. The van der Waals surface area contributed by atoms with E-state index < -0.39 is 6.04 Å². The topological polar surface area (TPSA) is 148 Å². The Morgan fingerprint density at radius 1 is 0.765 bits per heavy atom. The van der Waals surface area contributed by atoms with Crippen LogP contribution in [0.1, 0.15) is 303 Å². The molecule has 14 nitrogen and oxygen atoms in total. The van der Waals surface area contributed by atoms with Crippen molar-refractivity contribution < 1.29 is 33.4 Å². The first-order valence-corrected chi connectivity index (χ1v) is 40.2. The van der Waals surface area contributed by atoms with Crippen LogP contribution in [0.3, 0.4) is 0 Å². The number of aromatic nitrogens is 2. The number of likely N-dealkylation sites (tertiary alicyclic amines) is 1. The van der Waals surface area contributed by atoms with Crippen molar-refractivity contribution in [2.24, 2.45) is 52.8 Å². The number of methoxy groups -OCH3 is 1. The molecule has 2 saturated carbocycles. The fraction of sp³-hybridized carbons (Fsp3) is 0.798. The van der Waals surface area contributed by atoms with Gasteiger partial charge in [0.25, 0.3) is 12.4 Å². The molecule has 2 saturated heterocycles. The number of nitrogens with zero attached hydrogens (tertiary/aromatic N) is 5. The highest BCUT2D eigenvalue weighted by molar-refractivity contribution is 5.93. The highest BCUT2D eigenvalue weighted by Crippen LogP contribution is 2.46. The number of ether oxygens (including phenoxy) is 3. The number of nitrogens with one attached hydrogen (secondary N) is 2. The standard InChI is InChI=1S/C32H57N5O3.C28H38N2O3.C9H20O.C7H16.C4H10.2C2H6/c1-6-22(3)28(26-14-15-26)23(4)31(39)35(7-2)20-25-16-19-36(21-25)29(27-12-8-9-13-27)30(38)34-24(5)32(40)37-18-11-10-17-33-37;1-8-10-21-14-23(26(29-16-21)20(4)32-7)27-24(15-28(5,6)17-33-18-31)22-13-19(3)11-12-25(22)30(27)9-2;1-4-7-10-8-6-9(3)5-2;1-4-6-7(3)5-2;1-3-4-2;2*1-2/h22-29,33H,6-21H2,1-5H3,(H,34,38);11-14,16,18,20H,8-10,15,17H2,1-7H3;9H,4-8H2,1-3H3;7H,4-6H2,1-3H3;3-4H2,1-2H3;2*1-2H3/t;;;7-;;;/m...1.../s1. The smallest absolute Gasteiger partial charge is 0.293 e. The number of aryl methyl sites for hydroxylation is 3. The van der Waals surface area contributed by atoms with Crippen molar-refractivity contribution in [3.8, 4) is 11.3 Å². The maximum Gasteiger partial charge on any atom is 0.293 e. The van der Waals surface area contributed by atoms with E-state index in [2.05, 4.69) is 174 Å². The fourth-order valence-electron chi connectivity index (χ4n) is 14.1. The van der Waals surface area contributed by atoms with Crippen molar-refractivity contribution in [1.82, 2.24) is 35.1 Å². The number of hydrazine groups is 1. The van der Waals surface area contributed by atoms with Crippen molar-refractivity contribution >= 4 is 35.1 Å². The third-order valence-corrected chi connectivity index (χ3v) is 20.7. The van der Waals surface area contributed by atoms with Gasteiger partial charge in [-0.15, -0.1) is 0 Å². The van der Waals surface area contributed by atoms with Gasteiger partial charge in [0.15, 0.2) is 0 Å². The number of hydrogen-bond acceptors (Lipinski definition) is 10.